The fourth-order valence-electron chi connectivity index (χ4n) is 1.43. The minimum atomic E-state index is -5.59. The van der Waals surface area contributed by atoms with E-state index in [-0.39, 0.29) is 118 Å². The predicted octanol–water partition coefficient (Wildman–Crippen LogP) is -17.5. The molecule has 0 amide bonds. The van der Waals surface area contributed by atoms with Gasteiger partial charge in [-0.05, 0) is 0 Å². The molecule has 1 heterocycles. The Morgan fingerprint density at radius 2 is 1.29 bits per heavy atom. The Morgan fingerprint density at radius 1 is 0.833 bits per heavy atom. The molecule has 5 atom stereocenters. The van der Waals surface area contributed by atoms with E-state index in [2.05, 4.69) is 13.8 Å². The van der Waals surface area contributed by atoms with Crippen molar-refractivity contribution in [3.05, 3.63) is 0 Å². The van der Waals surface area contributed by atoms with Gasteiger partial charge in [0.2, 0.25) is 0 Å². The average Bonchev–Trinajstić information content (AvgIpc) is 2.25. The molecule has 24 heavy (non-hydrogen) atoms. The van der Waals surface area contributed by atoms with Gasteiger partial charge in [0.15, 0.2) is 6.29 Å². The van der Waals surface area contributed by atoms with Gasteiger partial charge >= 0.3 is 118 Å². The summed E-state index contributed by atoms with van der Waals surface area (Å²) >= 11 is 0. The Morgan fingerprint density at radius 3 is 1.67 bits per heavy atom. The Bertz CT molecular complexity index is 428. The number of hydrogen-bond acceptors (Lipinski definition) is 12. The molecule has 1 aliphatic heterocycles. The van der Waals surface area contributed by atoms with E-state index in [1.165, 1.54) is 0 Å². The fourth-order valence-corrected chi connectivity index (χ4v) is 2.19. The molecule has 0 radical (unpaired) electrons. The van der Waals surface area contributed by atoms with Gasteiger partial charge in [0.05, 0.1) is 22.3 Å². The van der Waals surface area contributed by atoms with E-state index < -0.39 is 53.0 Å². The van der Waals surface area contributed by atoms with E-state index in [0.717, 1.165) is 0 Å². The summed E-state index contributed by atoms with van der Waals surface area (Å²) in [7, 11) is -11.0. The van der Waals surface area contributed by atoms with Crippen LogP contribution in [0.2, 0.25) is 0 Å². The van der Waals surface area contributed by atoms with Crippen LogP contribution in [-0.2, 0) is 22.9 Å². The van der Waals surface area contributed by atoms with Gasteiger partial charge in [0, 0.05) is 0 Å². The Hall–Kier alpha value is 4.06. The van der Waals surface area contributed by atoms with Crippen LogP contribution in [0.1, 0.15) is 0 Å². The van der Waals surface area contributed by atoms with Gasteiger partial charge < -0.3 is 57.8 Å². The summed E-state index contributed by atoms with van der Waals surface area (Å²) in [5, 5.41) is 28.1. The van der Waals surface area contributed by atoms with Crippen molar-refractivity contribution < 1.29 is 176 Å². The molecular weight excluding hydrogens is 418 g/mol. The fraction of sp³-hybridized carbons (Fsp3) is 1.00. The summed E-state index contributed by atoms with van der Waals surface area (Å²) in [6.07, 6.45) is -9.92. The number of rotatable bonds is 5. The van der Waals surface area contributed by atoms with Crippen LogP contribution in [0.15, 0.2) is 0 Å². The molecular formula is C6H10Na4O12P2. The van der Waals surface area contributed by atoms with E-state index in [0.29, 0.717) is 0 Å². The molecule has 0 aromatic rings. The first kappa shape index (κ1) is 35.5. The molecule has 120 valence electrons. The first-order valence-electron chi connectivity index (χ1n) is 4.97. The van der Waals surface area contributed by atoms with Crippen molar-refractivity contribution >= 4 is 15.6 Å². The van der Waals surface area contributed by atoms with E-state index in [4.69, 9.17) is 0 Å². The zero-order valence-corrected chi connectivity index (χ0v) is 23.3. The zero-order valence-electron chi connectivity index (χ0n) is 13.5. The molecule has 0 unspecified atom stereocenters. The van der Waals surface area contributed by atoms with Crippen LogP contribution in [0.4, 0.5) is 0 Å². The molecule has 0 aromatic heterocycles. The predicted molar refractivity (Wildman–Crippen MR) is 48.9 cm³/mol. The van der Waals surface area contributed by atoms with Gasteiger partial charge in [0.25, 0.3) is 0 Å². The first-order valence-corrected chi connectivity index (χ1v) is 7.89. The number of aliphatic hydroxyl groups excluding tert-OH is 3. The van der Waals surface area contributed by atoms with E-state index in [1.54, 1.807) is 0 Å². The van der Waals surface area contributed by atoms with Gasteiger partial charge in [0.1, 0.15) is 24.4 Å². The zero-order chi connectivity index (χ0) is 15.7. The Labute approximate surface area is 225 Å². The third-order valence-corrected chi connectivity index (χ3v) is 3.23. The molecule has 18 heteroatoms. The molecule has 1 saturated heterocycles. The number of aliphatic hydroxyl groups is 3. The minimum absolute atomic E-state index is 0. The topological polar surface area (TPSA) is 215 Å². The molecule has 0 aromatic carbocycles. The third kappa shape index (κ3) is 13.3. The van der Waals surface area contributed by atoms with E-state index in [9.17, 15) is 44.0 Å². The summed E-state index contributed by atoms with van der Waals surface area (Å²) in [5.74, 6) is 0. The Balaban J connectivity index is -0.000000500. The monoisotopic (exact) mass is 428 g/mol. The van der Waals surface area contributed by atoms with Gasteiger partial charge in [-0.25, -0.2) is 0 Å². The normalized spacial score (nSPS) is 30.0. The first-order chi connectivity index (χ1) is 8.91. The molecule has 0 saturated carbocycles. The van der Waals surface area contributed by atoms with Crippen LogP contribution in [0.5, 0.6) is 0 Å². The second kappa shape index (κ2) is 15.0. The third-order valence-electron chi connectivity index (χ3n) is 2.30. The summed E-state index contributed by atoms with van der Waals surface area (Å²) < 4.78 is 32.8. The van der Waals surface area contributed by atoms with Crippen molar-refractivity contribution in [3.8, 4) is 0 Å². The van der Waals surface area contributed by atoms with Crippen LogP contribution in [0, 0.1) is 0 Å². The molecule has 0 aliphatic carbocycles. The van der Waals surface area contributed by atoms with Crippen molar-refractivity contribution in [2.75, 3.05) is 6.61 Å². The maximum Gasteiger partial charge on any atom is 1.00 e. The number of phosphoric ester groups is 2. The van der Waals surface area contributed by atoms with Crippen molar-refractivity contribution in [1.29, 1.82) is 0 Å². The summed E-state index contributed by atoms with van der Waals surface area (Å²) in [4.78, 5) is 41.3. The molecule has 3 N–H and O–H groups in total. The molecule has 12 nitrogen and oxygen atoms in total. The second-order valence-corrected chi connectivity index (χ2v) is 6.07. The molecule has 1 fully saturated rings. The molecule has 0 spiro atoms. The molecule has 1 aliphatic rings. The summed E-state index contributed by atoms with van der Waals surface area (Å²) in [6, 6.07) is 0. The van der Waals surface area contributed by atoms with Crippen LogP contribution in [0.25, 0.3) is 0 Å². The van der Waals surface area contributed by atoms with Crippen molar-refractivity contribution in [2.45, 2.75) is 30.7 Å². The van der Waals surface area contributed by atoms with Crippen LogP contribution in [0.3, 0.4) is 0 Å². The number of hydrogen-bond donors (Lipinski definition) is 3. The van der Waals surface area contributed by atoms with Crippen molar-refractivity contribution in [1.82, 2.24) is 0 Å². The van der Waals surface area contributed by atoms with Gasteiger partial charge in [-0.15, -0.1) is 0 Å². The SMILES string of the molecule is O=P([O-])([O-])OC[C@H]1O[C@H](OP(=O)([O-])[O-])[C@H](O)[C@@H](O)[C@@H]1O.[Na+].[Na+].[Na+].[Na+]. The average molecular weight is 428 g/mol. The maximum atomic E-state index is 10.4. The number of phosphoric acid groups is 2. The standard InChI is InChI=1S/C6H14O12P2.4Na/c7-3-2(1-16-19(10,11)12)17-6(5(9)4(3)8)18-20(13,14)15;;;;/h2-9H,1H2,(H2,10,11,12)(H2,13,14,15);;;;/q;4*+1/p-4/t2-,3-,4+,5-,6-;;;;/m1..../s1. The quantitative estimate of drug-likeness (QED) is 0.275. The molecule has 1 rings (SSSR count). The van der Waals surface area contributed by atoms with E-state index in [1.807, 2.05) is 0 Å². The van der Waals surface area contributed by atoms with E-state index >= 15 is 0 Å². The van der Waals surface area contributed by atoms with Crippen molar-refractivity contribution in [3.63, 3.8) is 0 Å². The van der Waals surface area contributed by atoms with Gasteiger partial charge in [-0.2, -0.15) is 0 Å². The minimum Gasteiger partial charge on any atom is -0.790 e. The van der Waals surface area contributed by atoms with Crippen LogP contribution < -0.4 is 138 Å². The van der Waals surface area contributed by atoms with Crippen molar-refractivity contribution in [2.24, 2.45) is 0 Å². The van der Waals surface area contributed by atoms with Gasteiger partial charge in [-0.3, -0.25) is 0 Å². The smallest absolute Gasteiger partial charge is 0.790 e. The van der Waals surface area contributed by atoms with Crippen LogP contribution >= 0.6 is 15.6 Å². The Kier molecular flexibility index (Phi) is 22.1. The summed E-state index contributed by atoms with van der Waals surface area (Å²) in [6.45, 7) is -1.07. The molecule has 0 bridgehead atoms. The number of ether oxygens (including phenoxy) is 1. The van der Waals surface area contributed by atoms with Gasteiger partial charge in [-0.1, -0.05) is 0 Å². The summed E-state index contributed by atoms with van der Waals surface area (Å²) in [5.41, 5.74) is 0. The maximum absolute atomic E-state index is 10.4. The largest absolute Gasteiger partial charge is 1.00 e. The van der Waals surface area contributed by atoms with Crippen LogP contribution in [-0.4, -0.2) is 52.6 Å². The second-order valence-electron chi connectivity index (χ2n) is 3.81.